The number of hydrogen-bond acceptors (Lipinski definition) is 7. The summed E-state index contributed by atoms with van der Waals surface area (Å²) >= 11 is 5.07. The maximum Gasteiger partial charge on any atom is 0.326 e. The number of carbonyl (C=O) groups excluding carboxylic acids is 2. The maximum absolute atomic E-state index is 12.6. The number of carbonyl (C=O) groups is 3. The molecule has 0 fully saturated rings. The molecule has 0 saturated carbocycles. The van der Waals surface area contributed by atoms with Crippen molar-refractivity contribution >= 4 is 41.8 Å². The number of benzene rings is 2. The summed E-state index contributed by atoms with van der Waals surface area (Å²) < 4.78 is 1.71. The molecule has 2 aromatic carbocycles. The third-order valence-electron chi connectivity index (χ3n) is 4.36. The van der Waals surface area contributed by atoms with E-state index in [1.807, 2.05) is 0 Å². The van der Waals surface area contributed by atoms with Crippen molar-refractivity contribution in [2.45, 2.75) is 13.0 Å². The lowest BCUT2D eigenvalue weighted by atomic mass is 10.1. The van der Waals surface area contributed by atoms with Crippen molar-refractivity contribution in [3.8, 4) is 5.69 Å². The van der Waals surface area contributed by atoms with Gasteiger partial charge in [0.05, 0.1) is 12.2 Å². The van der Waals surface area contributed by atoms with Crippen LogP contribution in [0.15, 0.2) is 48.5 Å². The maximum atomic E-state index is 12.6. The Labute approximate surface area is 176 Å². The topological polar surface area (TPSA) is 133 Å². The summed E-state index contributed by atoms with van der Waals surface area (Å²) in [6.07, 6.45) is 0.690. The Balaban J connectivity index is 1.79. The normalized spacial score (nSPS) is 11.5. The summed E-state index contributed by atoms with van der Waals surface area (Å²) in [5, 5.41) is 22.1. The number of aliphatic carboxylic acids is 1. The van der Waals surface area contributed by atoms with Crippen molar-refractivity contribution in [3.05, 3.63) is 58.9 Å². The van der Waals surface area contributed by atoms with Gasteiger partial charge in [0, 0.05) is 16.9 Å². The molecule has 3 aromatic rings. The Hall–Kier alpha value is -3.86. The first kappa shape index (κ1) is 20.9. The molecule has 0 saturated heterocycles. The number of nitrogens with zero attached hydrogens (tertiary/aromatic N) is 4. The summed E-state index contributed by atoms with van der Waals surface area (Å²) in [6.45, 7) is 1.28. The van der Waals surface area contributed by atoms with Gasteiger partial charge in [-0.3, -0.25) is 9.59 Å². The molecule has 3 rings (SSSR count). The largest absolute Gasteiger partial charge is 0.480 e. The van der Waals surface area contributed by atoms with E-state index in [2.05, 4.69) is 20.8 Å². The zero-order valence-corrected chi connectivity index (χ0v) is 16.7. The lowest BCUT2D eigenvalue weighted by molar-refractivity contribution is -0.138. The van der Waals surface area contributed by atoms with Crippen LogP contribution in [0.3, 0.4) is 0 Å². The number of aldehydes is 1. The zero-order valence-electron chi connectivity index (χ0n) is 15.8. The summed E-state index contributed by atoms with van der Waals surface area (Å²) in [5.41, 5.74) is 2.08. The monoisotopic (exact) mass is 426 g/mol. The molecule has 0 radical (unpaired) electrons. The van der Waals surface area contributed by atoms with E-state index in [0.29, 0.717) is 28.9 Å². The van der Waals surface area contributed by atoms with E-state index in [1.165, 1.54) is 16.5 Å². The second-order valence-corrected chi connectivity index (χ2v) is 6.73. The van der Waals surface area contributed by atoms with E-state index < -0.39 is 17.9 Å². The molecule has 0 aliphatic heterocycles. The van der Waals surface area contributed by atoms with E-state index in [1.54, 1.807) is 48.5 Å². The fourth-order valence-electron chi connectivity index (χ4n) is 2.77. The highest BCUT2D eigenvalue weighted by atomic mass is 32.1. The van der Waals surface area contributed by atoms with Gasteiger partial charge in [-0.1, -0.05) is 16.4 Å². The minimum atomic E-state index is -1.08. The van der Waals surface area contributed by atoms with Crippen molar-refractivity contribution in [2.75, 3.05) is 16.8 Å². The van der Waals surface area contributed by atoms with Crippen LogP contribution in [0.1, 0.15) is 17.3 Å². The zero-order chi connectivity index (χ0) is 21.7. The van der Waals surface area contributed by atoms with Crippen LogP contribution in [0, 0.1) is 4.77 Å². The van der Waals surface area contributed by atoms with Gasteiger partial charge in [0.1, 0.15) is 12.3 Å². The molecule has 1 amide bonds. The lowest BCUT2D eigenvalue weighted by Gasteiger charge is -2.28. The number of tetrazole rings is 1. The van der Waals surface area contributed by atoms with Crippen LogP contribution in [0.25, 0.3) is 5.69 Å². The predicted octanol–water partition coefficient (Wildman–Crippen LogP) is 2.06. The molecule has 154 valence electrons. The predicted molar refractivity (Wildman–Crippen MR) is 111 cm³/mol. The van der Waals surface area contributed by atoms with Crippen molar-refractivity contribution in [3.63, 3.8) is 0 Å². The third-order valence-corrected chi connectivity index (χ3v) is 4.62. The van der Waals surface area contributed by atoms with Crippen LogP contribution in [0.4, 0.5) is 11.4 Å². The third kappa shape index (κ3) is 4.75. The first-order valence-corrected chi connectivity index (χ1v) is 9.25. The molecule has 0 spiro atoms. The minimum Gasteiger partial charge on any atom is -0.480 e. The molecule has 1 unspecified atom stereocenters. The highest BCUT2D eigenvalue weighted by molar-refractivity contribution is 7.71. The number of carboxylic acid groups (broad SMARTS) is 1. The summed E-state index contributed by atoms with van der Waals surface area (Å²) in [6, 6.07) is 12.2. The Morgan fingerprint density at radius 3 is 2.63 bits per heavy atom. The van der Waals surface area contributed by atoms with Crippen molar-refractivity contribution in [2.24, 2.45) is 0 Å². The average molecular weight is 426 g/mol. The lowest BCUT2D eigenvalue weighted by Crippen LogP contribution is -2.43. The van der Waals surface area contributed by atoms with Crippen LogP contribution >= 0.6 is 12.2 Å². The van der Waals surface area contributed by atoms with Gasteiger partial charge in [-0.25, -0.2) is 9.48 Å². The fraction of sp³-hybridized carbons (Fsp3) is 0.158. The second kappa shape index (κ2) is 9.09. The van der Waals surface area contributed by atoms with Crippen molar-refractivity contribution in [1.29, 1.82) is 0 Å². The summed E-state index contributed by atoms with van der Waals surface area (Å²) in [7, 11) is 0. The number of nitrogens with one attached hydrogen (secondary N) is 2. The number of H-pyrrole nitrogens is 1. The van der Waals surface area contributed by atoms with E-state index in [0.717, 1.165) is 0 Å². The Kier molecular flexibility index (Phi) is 6.32. The van der Waals surface area contributed by atoms with Crippen LogP contribution in [0.5, 0.6) is 0 Å². The van der Waals surface area contributed by atoms with Gasteiger partial charge < -0.3 is 15.3 Å². The first-order valence-electron chi connectivity index (χ1n) is 8.84. The quantitative estimate of drug-likeness (QED) is 0.368. The van der Waals surface area contributed by atoms with Gasteiger partial charge in [0.25, 0.3) is 0 Å². The number of rotatable bonds is 8. The average Bonchev–Trinajstić information content (AvgIpc) is 3.17. The Morgan fingerprint density at radius 2 is 2.03 bits per heavy atom. The molecule has 0 bridgehead atoms. The second-order valence-electron chi connectivity index (χ2n) is 6.37. The fourth-order valence-corrected chi connectivity index (χ4v) is 2.96. The van der Waals surface area contributed by atoms with Crippen LogP contribution < -0.4 is 10.2 Å². The molecular weight excluding hydrogens is 408 g/mol. The van der Waals surface area contributed by atoms with E-state index in [9.17, 15) is 19.5 Å². The van der Waals surface area contributed by atoms with Crippen molar-refractivity contribution < 1.29 is 19.5 Å². The standard InChI is InChI=1S/C19H18N6O4S/c1-12(18(28)29)24(15-7-5-13(11-26)6-8-15)10-17(27)20-14-3-2-4-16(9-14)25-19(30)21-22-23-25/h2-9,11-12H,10H2,1H3,(H,20,27)(H,28,29)(H,21,23,30). The van der Waals surface area contributed by atoms with Crippen LogP contribution in [-0.4, -0.2) is 56.1 Å². The number of aromatic nitrogens is 4. The molecule has 30 heavy (non-hydrogen) atoms. The molecule has 1 atom stereocenters. The number of anilines is 2. The highest BCUT2D eigenvalue weighted by Gasteiger charge is 2.23. The molecule has 1 heterocycles. The van der Waals surface area contributed by atoms with Crippen LogP contribution in [0.2, 0.25) is 0 Å². The molecule has 10 nitrogen and oxygen atoms in total. The first-order chi connectivity index (χ1) is 14.4. The van der Waals surface area contributed by atoms with Gasteiger partial charge >= 0.3 is 5.97 Å². The summed E-state index contributed by atoms with van der Waals surface area (Å²) in [5.74, 6) is -1.49. The van der Waals surface area contributed by atoms with Gasteiger partial charge in [-0.2, -0.15) is 5.21 Å². The molecule has 0 aliphatic carbocycles. The minimum absolute atomic E-state index is 0.205. The van der Waals surface area contributed by atoms with E-state index in [4.69, 9.17) is 12.2 Å². The molecule has 11 heteroatoms. The molecular formula is C19H18N6O4S. The highest BCUT2D eigenvalue weighted by Crippen LogP contribution is 2.19. The molecule has 1 aromatic heterocycles. The van der Waals surface area contributed by atoms with E-state index in [-0.39, 0.29) is 11.3 Å². The smallest absolute Gasteiger partial charge is 0.326 e. The van der Waals surface area contributed by atoms with Gasteiger partial charge in [0.15, 0.2) is 0 Å². The molecule has 0 aliphatic rings. The number of aromatic amines is 1. The number of amides is 1. The Bertz CT molecular complexity index is 1120. The number of carboxylic acids is 1. The Morgan fingerprint density at radius 1 is 1.30 bits per heavy atom. The summed E-state index contributed by atoms with van der Waals surface area (Å²) in [4.78, 5) is 36.5. The van der Waals surface area contributed by atoms with Crippen molar-refractivity contribution in [1.82, 2.24) is 20.2 Å². The van der Waals surface area contributed by atoms with Gasteiger partial charge in [-0.05, 0) is 61.6 Å². The molecule has 3 N–H and O–H groups in total. The van der Waals surface area contributed by atoms with E-state index >= 15 is 0 Å². The SMILES string of the molecule is CC(C(=O)O)N(CC(=O)Nc1cccc(-n2[nH]nnc2=S)c1)c1ccc(C=O)cc1. The van der Waals surface area contributed by atoms with Crippen LogP contribution in [-0.2, 0) is 9.59 Å². The van der Waals surface area contributed by atoms with Gasteiger partial charge in [-0.15, -0.1) is 0 Å². The van der Waals surface area contributed by atoms with Gasteiger partial charge in [0.2, 0.25) is 10.7 Å². The number of hydrogen-bond donors (Lipinski definition) is 3.